The number of aromatic nitrogens is 4. The van der Waals surface area contributed by atoms with Crippen molar-refractivity contribution in [1.82, 2.24) is 20.0 Å². The Morgan fingerprint density at radius 2 is 1.64 bits per heavy atom. The van der Waals surface area contributed by atoms with E-state index in [1.165, 1.54) is 0 Å². The summed E-state index contributed by atoms with van der Waals surface area (Å²) < 4.78 is 41.3. The molecule has 0 aliphatic carbocycles. The fourth-order valence-electron chi connectivity index (χ4n) is 2.18. The lowest BCUT2D eigenvalue weighted by Gasteiger charge is -2.22. The average Bonchev–Trinajstić information content (AvgIpc) is 2.83. The molecule has 0 saturated heterocycles. The van der Waals surface area contributed by atoms with Gasteiger partial charge in [0.15, 0.2) is 0 Å². The summed E-state index contributed by atoms with van der Waals surface area (Å²) in [6.45, 7) is 11.5. The highest BCUT2D eigenvalue weighted by Gasteiger charge is 2.32. The van der Waals surface area contributed by atoms with E-state index >= 15 is 0 Å². The first-order valence-electron chi connectivity index (χ1n) is 8.02. The molecule has 0 aromatic carbocycles. The number of hydrogen-bond donors (Lipinski definition) is 1. The summed E-state index contributed by atoms with van der Waals surface area (Å²) in [6.07, 6.45) is -2.52. The smallest absolute Gasteiger partial charge is 0.365 e. The average molecular weight is 355 g/mol. The van der Waals surface area contributed by atoms with Crippen molar-refractivity contribution in [2.75, 3.05) is 5.32 Å². The summed E-state index contributed by atoms with van der Waals surface area (Å²) in [4.78, 5) is 4.31. The monoisotopic (exact) mass is 355 g/mol. The maximum atomic E-state index is 13.2. The second-order valence-electron chi connectivity index (χ2n) is 8.11. The highest BCUT2D eigenvalue weighted by atomic mass is 19.4. The van der Waals surface area contributed by atoms with Crippen molar-refractivity contribution in [2.24, 2.45) is 0 Å². The predicted molar refractivity (Wildman–Crippen MR) is 90.4 cm³/mol. The van der Waals surface area contributed by atoms with Crippen LogP contribution in [0.25, 0.3) is 0 Å². The van der Waals surface area contributed by atoms with Crippen molar-refractivity contribution >= 4 is 5.82 Å². The van der Waals surface area contributed by atoms with Crippen LogP contribution >= 0.6 is 0 Å². The zero-order chi connectivity index (χ0) is 19.0. The molecule has 1 N–H and O–H groups in total. The standard InChI is InChI=1S/C17H24F3N5/c1-15(2,3)22-14-8-11(17(18,19)20)7-12(21-14)9-13-10-25(24-23-13)16(4,5)6/h7-8,10H,9H2,1-6H3,(H,21,22). The molecule has 0 spiro atoms. The third kappa shape index (κ3) is 5.44. The molecule has 8 heteroatoms. The van der Waals surface area contributed by atoms with Gasteiger partial charge in [-0.05, 0) is 53.7 Å². The molecule has 0 aliphatic rings. The first-order chi connectivity index (χ1) is 11.2. The van der Waals surface area contributed by atoms with Crippen molar-refractivity contribution in [3.63, 3.8) is 0 Å². The van der Waals surface area contributed by atoms with Crippen LogP contribution in [-0.2, 0) is 18.1 Å². The molecule has 0 bridgehead atoms. The number of hydrogen-bond acceptors (Lipinski definition) is 4. The van der Waals surface area contributed by atoms with Crippen LogP contribution in [-0.4, -0.2) is 25.5 Å². The Hall–Kier alpha value is -2.12. The SMILES string of the molecule is CC(C)(C)Nc1cc(C(F)(F)F)cc(Cc2cn(C(C)(C)C)nn2)n1. The van der Waals surface area contributed by atoms with Crippen LogP contribution in [0.5, 0.6) is 0 Å². The largest absolute Gasteiger partial charge is 0.416 e. The van der Waals surface area contributed by atoms with Gasteiger partial charge in [0.25, 0.3) is 0 Å². The molecule has 0 fully saturated rings. The zero-order valence-corrected chi connectivity index (χ0v) is 15.4. The Morgan fingerprint density at radius 1 is 1.00 bits per heavy atom. The van der Waals surface area contributed by atoms with Gasteiger partial charge in [-0.15, -0.1) is 5.10 Å². The highest BCUT2D eigenvalue weighted by molar-refractivity contribution is 5.43. The van der Waals surface area contributed by atoms with E-state index in [9.17, 15) is 13.2 Å². The molecule has 5 nitrogen and oxygen atoms in total. The molecule has 25 heavy (non-hydrogen) atoms. The number of nitrogens with zero attached hydrogens (tertiary/aromatic N) is 4. The molecular weight excluding hydrogens is 331 g/mol. The van der Waals surface area contributed by atoms with Crippen LogP contribution in [0, 0.1) is 0 Å². The van der Waals surface area contributed by atoms with E-state index in [1.54, 1.807) is 10.9 Å². The van der Waals surface area contributed by atoms with Crippen LogP contribution in [0.3, 0.4) is 0 Å². The van der Waals surface area contributed by atoms with E-state index in [0.29, 0.717) is 11.4 Å². The summed E-state index contributed by atoms with van der Waals surface area (Å²) in [5.41, 5.74) is -0.506. The molecule has 2 aromatic rings. The van der Waals surface area contributed by atoms with E-state index in [0.717, 1.165) is 12.1 Å². The van der Waals surface area contributed by atoms with E-state index in [-0.39, 0.29) is 17.8 Å². The van der Waals surface area contributed by atoms with Gasteiger partial charge in [-0.2, -0.15) is 13.2 Å². The van der Waals surface area contributed by atoms with Crippen molar-refractivity contribution in [2.45, 2.75) is 65.2 Å². The first-order valence-corrected chi connectivity index (χ1v) is 8.02. The number of pyridine rings is 1. The Balaban J connectivity index is 2.36. The molecule has 0 saturated carbocycles. The van der Waals surface area contributed by atoms with Crippen molar-refractivity contribution in [1.29, 1.82) is 0 Å². The molecule has 2 aromatic heterocycles. The predicted octanol–water partition coefficient (Wildman–Crippen LogP) is 4.25. The molecule has 0 radical (unpaired) electrons. The molecular formula is C17H24F3N5. The lowest BCUT2D eigenvalue weighted by Crippen LogP contribution is -2.27. The quantitative estimate of drug-likeness (QED) is 0.894. The van der Waals surface area contributed by atoms with Gasteiger partial charge in [0.05, 0.1) is 16.8 Å². The second-order valence-corrected chi connectivity index (χ2v) is 8.11. The van der Waals surface area contributed by atoms with Crippen LogP contribution < -0.4 is 5.32 Å². The summed E-state index contributed by atoms with van der Waals surface area (Å²) in [6, 6.07) is 2.09. The normalized spacial score (nSPS) is 13.2. The minimum atomic E-state index is -4.44. The number of halogens is 3. The zero-order valence-electron chi connectivity index (χ0n) is 15.4. The van der Waals surface area contributed by atoms with Crippen LogP contribution in [0.2, 0.25) is 0 Å². The number of alkyl halides is 3. The van der Waals surface area contributed by atoms with Gasteiger partial charge < -0.3 is 5.32 Å². The van der Waals surface area contributed by atoms with Crippen LogP contribution in [0.15, 0.2) is 18.3 Å². The Kier molecular flexibility index (Phi) is 4.85. The fourth-order valence-corrected chi connectivity index (χ4v) is 2.18. The van der Waals surface area contributed by atoms with Gasteiger partial charge in [0, 0.05) is 23.9 Å². The molecule has 2 rings (SSSR count). The molecule has 138 valence electrons. The van der Waals surface area contributed by atoms with E-state index in [4.69, 9.17) is 0 Å². The first kappa shape index (κ1) is 19.2. The van der Waals surface area contributed by atoms with Gasteiger partial charge >= 0.3 is 6.18 Å². The highest BCUT2D eigenvalue weighted by Crippen LogP contribution is 2.32. The van der Waals surface area contributed by atoms with Gasteiger partial charge in [-0.25, -0.2) is 9.67 Å². The summed E-state index contributed by atoms with van der Waals surface area (Å²) in [5.74, 6) is 0.195. The molecule has 2 heterocycles. The van der Waals surface area contributed by atoms with Crippen molar-refractivity contribution < 1.29 is 13.2 Å². The maximum Gasteiger partial charge on any atom is 0.416 e. The van der Waals surface area contributed by atoms with Crippen molar-refractivity contribution in [3.8, 4) is 0 Å². The van der Waals surface area contributed by atoms with E-state index in [2.05, 4.69) is 20.6 Å². The topological polar surface area (TPSA) is 55.6 Å². The minimum absolute atomic E-state index is 0.179. The van der Waals surface area contributed by atoms with E-state index in [1.807, 2.05) is 41.5 Å². The maximum absolute atomic E-state index is 13.2. The molecule has 0 atom stereocenters. The van der Waals surface area contributed by atoms with Crippen LogP contribution in [0.1, 0.15) is 58.5 Å². The van der Waals surface area contributed by atoms with Crippen molar-refractivity contribution in [3.05, 3.63) is 35.3 Å². The van der Waals surface area contributed by atoms with E-state index < -0.39 is 17.3 Å². The number of rotatable bonds is 3. The molecule has 0 amide bonds. The Labute approximate surface area is 145 Å². The minimum Gasteiger partial charge on any atom is -0.365 e. The lowest BCUT2D eigenvalue weighted by molar-refractivity contribution is -0.137. The second kappa shape index (κ2) is 6.31. The number of nitrogens with one attached hydrogen (secondary N) is 1. The summed E-state index contributed by atoms with van der Waals surface area (Å²) >= 11 is 0. The molecule has 0 aliphatic heterocycles. The Morgan fingerprint density at radius 3 is 2.12 bits per heavy atom. The molecule has 0 unspecified atom stereocenters. The third-order valence-corrected chi connectivity index (χ3v) is 3.30. The van der Waals surface area contributed by atoms with Gasteiger partial charge in [0.1, 0.15) is 5.82 Å². The Bertz CT molecular complexity index is 736. The van der Waals surface area contributed by atoms with Gasteiger partial charge in [-0.1, -0.05) is 5.21 Å². The fraction of sp³-hybridized carbons (Fsp3) is 0.588. The lowest BCUT2D eigenvalue weighted by atomic mass is 10.1. The number of anilines is 1. The third-order valence-electron chi connectivity index (χ3n) is 3.30. The van der Waals surface area contributed by atoms with Crippen LogP contribution in [0.4, 0.5) is 19.0 Å². The summed E-state index contributed by atoms with van der Waals surface area (Å²) in [7, 11) is 0. The van der Waals surface area contributed by atoms with Gasteiger partial charge in [-0.3, -0.25) is 0 Å². The summed E-state index contributed by atoms with van der Waals surface area (Å²) in [5, 5.41) is 11.1. The van der Waals surface area contributed by atoms with Gasteiger partial charge in [0.2, 0.25) is 0 Å².